The van der Waals surface area contributed by atoms with E-state index in [-0.39, 0.29) is 12.1 Å². The summed E-state index contributed by atoms with van der Waals surface area (Å²) in [5.41, 5.74) is 2.37. The molecule has 0 radical (unpaired) electrons. The van der Waals surface area contributed by atoms with Crippen LogP contribution in [0.4, 0.5) is 5.69 Å². The van der Waals surface area contributed by atoms with Crippen LogP contribution in [-0.4, -0.2) is 17.3 Å². The third-order valence-corrected chi connectivity index (χ3v) is 2.85. The molecule has 2 N–H and O–H groups in total. The van der Waals surface area contributed by atoms with Gasteiger partial charge < -0.3 is 10.4 Å². The molecule has 14 heavy (non-hydrogen) atoms. The molecule has 0 bridgehead atoms. The second-order valence-corrected chi connectivity index (χ2v) is 4.12. The van der Waals surface area contributed by atoms with Crippen LogP contribution in [0.15, 0.2) is 24.3 Å². The maximum atomic E-state index is 9.66. The van der Waals surface area contributed by atoms with Crippen molar-refractivity contribution in [3.05, 3.63) is 29.8 Å². The molecule has 1 aromatic rings. The van der Waals surface area contributed by atoms with Gasteiger partial charge in [0.25, 0.3) is 0 Å². The van der Waals surface area contributed by atoms with E-state index in [1.165, 1.54) is 5.56 Å². The maximum absolute atomic E-state index is 9.66. The Hall–Kier alpha value is -1.02. The molecule has 0 aliphatic heterocycles. The number of nitrogens with one attached hydrogen (secondary N) is 1. The maximum Gasteiger partial charge on any atom is 0.0741 e. The van der Waals surface area contributed by atoms with Gasteiger partial charge in [-0.3, -0.25) is 0 Å². The summed E-state index contributed by atoms with van der Waals surface area (Å²) in [6.45, 7) is 2.08. The lowest BCUT2D eigenvalue weighted by molar-refractivity contribution is 0.172. The number of aryl methyl sites for hydroxylation is 1. The van der Waals surface area contributed by atoms with Crippen molar-refractivity contribution in [2.75, 3.05) is 5.32 Å². The van der Waals surface area contributed by atoms with Crippen LogP contribution in [0.1, 0.15) is 24.8 Å². The largest absolute Gasteiger partial charge is 0.391 e. The molecule has 2 rings (SSSR count). The zero-order valence-corrected chi connectivity index (χ0v) is 8.53. The van der Waals surface area contributed by atoms with Crippen LogP contribution in [0.3, 0.4) is 0 Å². The van der Waals surface area contributed by atoms with Gasteiger partial charge in [-0.1, -0.05) is 12.1 Å². The number of aliphatic hydroxyl groups is 1. The summed E-state index contributed by atoms with van der Waals surface area (Å²) in [6.07, 6.45) is 2.97. The highest BCUT2D eigenvalue weighted by Gasteiger charge is 2.24. The molecular weight excluding hydrogens is 174 g/mol. The van der Waals surface area contributed by atoms with Crippen molar-refractivity contribution in [2.45, 2.75) is 38.3 Å². The van der Waals surface area contributed by atoms with Crippen LogP contribution in [0, 0.1) is 6.92 Å². The molecule has 0 amide bonds. The van der Waals surface area contributed by atoms with E-state index in [0.717, 1.165) is 24.9 Å². The molecule has 0 heterocycles. The number of benzene rings is 1. The summed E-state index contributed by atoms with van der Waals surface area (Å²) >= 11 is 0. The van der Waals surface area contributed by atoms with Crippen molar-refractivity contribution in [3.8, 4) is 0 Å². The van der Waals surface area contributed by atoms with Gasteiger partial charge in [-0.25, -0.2) is 0 Å². The summed E-state index contributed by atoms with van der Waals surface area (Å²) in [6, 6.07) is 8.54. The minimum atomic E-state index is -0.171. The number of rotatable bonds is 2. The Kier molecular flexibility index (Phi) is 2.73. The molecule has 2 heteroatoms. The van der Waals surface area contributed by atoms with Crippen molar-refractivity contribution >= 4 is 5.69 Å². The van der Waals surface area contributed by atoms with E-state index in [0.29, 0.717) is 0 Å². The second kappa shape index (κ2) is 4.01. The van der Waals surface area contributed by atoms with Gasteiger partial charge in [0.1, 0.15) is 0 Å². The van der Waals surface area contributed by atoms with Crippen molar-refractivity contribution in [1.29, 1.82) is 0 Å². The lowest BCUT2D eigenvalue weighted by Gasteiger charge is -2.17. The molecule has 0 spiro atoms. The number of anilines is 1. The molecule has 1 aliphatic carbocycles. The Bertz CT molecular complexity index is 311. The molecule has 0 unspecified atom stereocenters. The number of aliphatic hydroxyl groups excluding tert-OH is 1. The molecule has 76 valence electrons. The molecule has 1 aromatic carbocycles. The highest BCUT2D eigenvalue weighted by atomic mass is 16.3. The Morgan fingerprint density at radius 3 is 2.86 bits per heavy atom. The van der Waals surface area contributed by atoms with Gasteiger partial charge >= 0.3 is 0 Å². The highest BCUT2D eigenvalue weighted by molar-refractivity contribution is 5.46. The normalized spacial score (nSPS) is 26.4. The quantitative estimate of drug-likeness (QED) is 0.752. The SMILES string of the molecule is Cc1cccc(N[C@H]2CCC[C@@H]2O)c1. The standard InChI is InChI=1S/C12H17NO/c1-9-4-2-5-10(8-9)13-11-6-3-7-12(11)14/h2,4-5,8,11-14H,3,6-7H2,1H3/t11-,12-/m0/s1. The van der Waals surface area contributed by atoms with Crippen molar-refractivity contribution in [2.24, 2.45) is 0 Å². The van der Waals surface area contributed by atoms with Gasteiger partial charge in [-0.15, -0.1) is 0 Å². The van der Waals surface area contributed by atoms with Crippen LogP contribution >= 0.6 is 0 Å². The van der Waals surface area contributed by atoms with Crippen LogP contribution in [-0.2, 0) is 0 Å². The van der Waals surface area contributed by atoms with E-state index < -0.39 is 0 Å². The van der Waals surface area contributed by atoms with Crippen LogP contribution in [0.25, 0.3) is 0 Å². The van der Waals surface area contributed by atoms with Gasteiger partial charge in [0, 0.05) is 5.69 Å². The minimum Gasteiger partial charge on any atom is -0.391 e. The molecule has 0 saturated heterocycles. The molecule has 1 saturated carbocycles. The zero-order chi connectivity index (χ0) is 9.97. The van der Waals surface area contributed by atoms with Crippen molar-refractivity contribution in [3.63, 3.8) is 0 Å². The molecule has 2 atom stereocenters. The topological polar surface area (TPSA) is 32.3 Å². The molecular formula is C12H17NO. The van der Waals surface area contributed by atoms with E-state index >= 15 is 0 Å². The fraction of sp³-hybridized carbons (Fsp3) is 0.500. The Labute approximate surface area is 85.0 Å². The third-order valence-electron chi connectivity index (χ3n) is 2.85. The fourth-order valence-electron chi connectivity index (χ4n) is 2.06. The van der Waals surface area contributed by atoms with E-state index in [1.54, 1.807) is 0 Å². The fourth-order valence-corrected chi connectivity index (χ4v) is 2.06. The summed E-state index contributed by atoms with van der Waals surface area (Å²) in [4.78, 5) is 0. The third kappa shape index (κ3) is 2.07. The first-order valence-electron chi connectivity index (χ1n) is 5.27. The second-order valence-electron chi connectivity index (χ2n) is 4.12. The Morgan fingerprint density at radius 1 is 1.36 bits per heavy atom. The average molecular weight is 191 g/mol. The number of hydrogen-bond donors (Lipinski definition) is 2. The molecule has 1 aliphatic rings. The first kappa shape index (κ1) is 9.53. The van der Waals surface area contributed by atoms with E-state index in [4.69, 9.17) is 0 Å². The predicted molar refractivity (Wildman–Crippen MR) is 58.4 cm³/mol. The average Bonchev–Trinajstić information content (AvgIpc) is 2.52. The molecule has 0 aromatic heterocycles. The van der Waals surface area contributed by atoms with E-state index in [1.807, 2.05) is 6.07 Å². The lowest BCUT2D eigenvalue weighted by atomic mass is 10.1. The van der Waals surface area contributed by atoms with Crippen LogP contribution in [0.2, 0.25) is 0 Å². The number of hydrogen-bond acceptors (Lipinski definition) is 2. The predicted octanol–water partition coefficient (Wildman–Crippen LogP) is 2.32. The Balaban J connectivity index is 2.03. The summed E-state index contributed by atoms with van der Waals surface area (Å²) in [7, 11) is 0. The van der Waals surface area contributed by atoms with Crippen molar-refractivity contribution in [1.82, 2.24) is 0 Å². The van der Waals surface area contributed by atoms with E-state index in [2.05, 4.69) is 30.4 Å². The summed E-state index contributed by atoms with van der Waals surface area (Å²) in [5.74, 6) is 0. The highest BCUT2D eigenvalue weighted by Crippen LogP contribution is 2.23. The van der Waals surface area contributed by atoms with Gasteiger partial charge in [-0.2, -0.15) is 0 Å². The van der Waals surface area contributed by atoms with Gasteiger partial charge in [-0.05, 0) is 43.9 Å². The monoisotopic (exact) mass is 191 g/mol. The lowest BCUT2D eigenvalue weighted by Crippen LogP contribution is -2.27. The smallest absolute Gasteiger partial charge is 0.0741 e. The minimum absolute atomic E-state index is 0.171. The van der Waals surface area contributed by atoms with Crippen LogP contribution in [0.5, 0.6) is 0 Å². The first-order chi connectivity index (χ1) is 6.75. The van der Waals surface area contributed by atoms with Gasteiger partial charge in [0.05, 0.1) is 12.1 Å². The van der Waals surface area contributed by atoms with Gasteiger partial charge in [0.15, 0.2) is 0 Å². The van der Waals surface area contributed by atoms with Crippen molar-refractivity contribution < 1.29 is 5.11 Å². The van der Waals surface area contributed by atoms with E-state index in [9.17, 15) is 5.11 Å². The van der Waals surface area contributed by atoms with Crippen LogP contribution < -0.4 is 5.32 Å². The molecule has 2 nitrogen and oxygen atoms in total. The first-order valence-corrected chi connectivity index (χ1v) is 5.27. The zero-order valence-electron chi connectivity index (χ0n) is 8.53. The van der Waals surface area contributed by atoms with Gasteiger partial charge in [0.2, 0.25) is 0 Å². The Morgan fingerprint density at radius 2 is 2.21 bits per heavy atom. The summed E-state index contributed by atoms with van der Waals surface area (Å²) < 4.78 is 0. The summed E-state index contributed by atoms with van der Waals surface area (Å²) in [5, 5.41) is 13.0. The molecule has 1 fully saturated rings.